The van der Waals surface area contributed by atoms with Crippen LogP contribution >= 0.6 is 0 Å². The Labute approximate surface area is 220 Å². The molecule has 0 aliphatic heterocycles. The van der Waals surface area contributed by atoms with Crippen LogP contribution in [-0.4, -0.2) is 50.7 Å². The van der Waals surface area contributed by atoms with Gasteiger partial charge in [-0.05, 0) is 78.6 Å². The van der Waals surface area contributed by atoms with E-state index in [0.29, 0.717) is 11.5 Å². The van der Waals surface area contributed by atoms with E-state index in [2.05, 4.69) is 0 Å². The van der Waals surface area contributed by atoms with Gasteiger partial charge in [0.05, 0.1) is 9.79 Å². The van der Waals surface area contributed by atoms with Crippen molar-refractivity contribution >= 4 is 31.8 Å². The lowest BCUT2D eigenvalue weighted by molar-refractivity contribution is 0.0919. The molecule has 0 fully saturated rings. The highest BCUT2D eigenvalue weighted by atomic mass is 32.2. The van der Waals surface area contributed by atoms with E-state index in [1.165, 1.54) is 30.3 Å². The van der Waals surface area contributed by atoms with Crippen LogP contribution in [0.1, 0.15) is 52.5 Å². The van der Waals surface area contributed by atoms with Crippen LogP contribution in [0.25, 0.3) is 0 Å². The molecule has 10 nitrogen and oxygen atoms in total. The predicted octanol–water partition coefficient (Wildman–Crippen LogP) is 4.22. The fourth-order valence-corrected chi connectivity index (χ4v) is 4.33. The zero-order valence-electron chi connectivity index (χ0n) is 20.5. The monoisotopic (exact) mass is 562 g/mol. The Morgan fingerprint density at radius 1 is 0.711 bits per heavy atom. The third kappa shape index (κ3) is 7.71. The Morgan fingerprint density at radius 2 is 1.08 bits per heavy atom. The van der Waals surface area contributed by atoms with E-state index in [0.717, 1.165) is 36.2 Å². The van der Waals surface area contributed by atoms with Crippen molar-refractivity contribution in [1.29, 1.82) is 0 Å². The van der Waals surface area contributed by atoms with Gasteiger partial charge >= 0.3 is 0 Å². The highest BCUT2D eigenvalue weighted by Crippen LogP contribution is 2.29. The molecule has 0 amide bonds. The molecule has 12 heteroatoms. The van der Waals surface area contributed by atoms with Gasteiger partial charge < -0.3 is 9.47 Å². The SMILES string of the molecule is CCC(C)c1cc(OCC(=O)c2ccc(S(=O)(=O)O)cc2)cc(OCC(=O)c2ccc(S(=O)(=O)O)cc2)c1. The Balaban J connectivity index is 1.71. The molecular formula is C26H26O10S2. The van der Waals surface area contributed by atoms with E-state index >= 15 is 0 Å². The molecule has 3 aromatic rings. The van der Waals surface area contributed by atoms with Gasteiger partial charge in [0.2, 0.25) is 0 Å². The molecule has 1 unspecified atom stereocenters. The third-order valence-corrected chi connectivity index (χ3v) is 7.51. The number of benzene rings is 3. The average Bonchev–Trinajstić information content (AvgIpc) is 2.89. The molecular weight excluding hydrogens is 536 g/mol. The minimum absolute atomic E-state index is 0.119. The van der Waals surface area contributed by atoms with Crippen molar-refractivity contribution in [3.63, 3.8) is 0 Å². The zero-order chi connectivity index (χ0) is 28.1. The fraction of sp³-hybridized carbons (Fsp3) is 0.231. The van der Waals surface area contributed by atoms with Gasteiger partial charge in [-0.2, -0.15) is 16.8 Å². The van der Waals surface area contributed by atoms with Gasteiger partial charge in [0.15, 0.2) is 24.8 Å². The van der Waals surface area contributed by atoms with Crippen molar-refractivity contribution in [3.05, 3.63) is 83.4 Å². The van der Waals surface area contributed by atoms with Gasteiger partial charge in [-0.3, -0.25) is 18.7 Å². The Morgan fingerprint density at radius 3 is 1.39 bits per heavy atom. The second-order valence-electron chi connectivity index (χ2n) is 8.47. The van der Waals surface area contributed by atoms with Crippen LogP contribution in [-0.2, 0) is 20.2 Å². The topological polar surface area (TPSA) is 161 Å². The molecule has 202 valence electrons. The smallest absolute Gasteiger partial charge is 0.294 e. The Bertz CT molecular complexity index is 1420. The van der Waals surface area contributed by atoms with E-state index in [4.69, 9.17) is 18.6 Å². The fourth-order valence-electron chi connectivity index (χ4n) is 3.37. The summed E-state index contributed by atoms with van der Waals surface area (Å²) in [6, 6.07) is 14.6. The van der Waals surface area contributed by atoms with Crippen LogP contribution in [0.2, 0.25) is 0 Å². The molecule has 2 N–H and O–H groups in total. The number of Topliss-reactive ketones (excluding diaryl/α,β-unsaturated/α-hetero) is 2. The number of carbonyl (C=O) groups is 2. The summed E-state index contributed by atoms with van der Waals surface area (Å²) in [6.07, 6.45) is 0.807. The largest absolute Gasteiger partial charge is 0.485 e. The highest BCUT2D eigenvalue weighted by molar-refractivity contribution is 7.86. The van der Waals surface area contributed by atoms with Crippen molar-refractivity contribution in [2.24, 2.45) is 0 Å². The van der Waals surface area contributed by atoms with Gasteiger partial charge in [-0.15, -0.1) is 0 Å². The maximum atomic E-state index is 12.5. The summed E-state index contributed by atoms with van der Waals surface area (Å²) < 4.78 is 74.2. The van der Waals surface area contributed by atoms with Crippen LogP contribution in [0.5, 0.6) is 11.5 Å². The number of ketones is 2. The van der Waals surface area contributed by atoms with E-state index in [-0.39, 0.29) is 40.0 Å². The van der Waals surface area contributed by atoms with Crippen molar-refractivity contribution < 1.29 is 45.0 Å². The minimum Gasteiger partial charge on any atom is -0.485 e. The average molecular weight is 563 g/mol. The van der Waals surface area contributed by atoms with E-state index < -0.39 is 31.8 Å². The Hall–Kier alpha value is -3.58. The quantitative estimate of drug-likeness (QED) is 0.241. The number of hydrogen-bond donors (Lipinski definition) is 2. The van der Waals surface area contributed by atoms with Crippen LogP contribution in [0, 0.1) is 0 Å². The lowest BCUT2D eigenvalue weighted by Crippen LogP contribution is -2.13. The second-order valence-corrected chi connectivity index (χ2v) is 11.3. The maximum absolute atomic E-state index is 12.5. The lowest BCUT2D eigenvalue weighted by Gasteiger charge is -2.15. The van der Waals surface area contributed by atoms with E-state index in [9.17, 15) is 26.4 Å². The molecule has 0 heterocycles. The molecule has 3 rings (SSSR count). The van der Waals surface area contributed by atoms with Gasteiger partial charge in [-0.25, -0.2) is 0 Å². The summed E-state index contributed by atoms with van der Waals surface area (Å²) in [5.74, 6) is -0.0804. The number of ether oxygens (including phenoxy) is 2. The first kappa shape index (κ1) is 29.0. The molecule has 0 saturated heterocycles. The molecule has 0 radical (unpaired) electrons. The standard InChI is InChI=1S/C26H26O10S2/c1-3-17(2)20-12-21(35-15-25(27)18-4-8-23(9-5-18)37(29,30)31)14-22(13-20)36-16-26(28)19-6-10-24(11-7-19)38(32,33)34/h4-14,17H,3,15-16H2,1-2H3,(H,29,30,31)(H,32,33,34). The van der Waals surface area contributed by atoms with Gasteiger partial charge in [0.25, 0.3) is 20.2 Å². The summed E-state index contributed by atoms with van der Waals surface area (Å²) in [7, 11) is -8.75. The lowest BCUT2D eigenvalue weighted by atomic mass is 9.98. The molecule has 1 atom stereocenters. The summed E-state index contributed by atoms with van der Waals surface area (Å²) in [5.41, 5.74) is 1.24. The summed E-state index contributed by atoms with van der Waals surface area (Å²) in [6.45, 7) is 3.28. The summed E-state index contributed by atoms with van der Waals surface area (Å²) in [5, 5.41) is 0. The van der Waals surface area contributed by atoms with Crippen LogP contribution < -0.4 is 9.47 Å². The number of carbonyl (C=O) groups excluding carboxylic acids is 2. The van der Waals surface area contributed by atoms with Crippen molar-refractivity contribution in [2.45, 2.75) is 36.0 Å². The van der Waals surface area contributed by atoms with Crippen molar-refractivity contribution in [1.82, 2.24) is 0 Å². The van der Waals surface area contributed by atoms with Gasteiger partial charge in [-0.1, -0.05) is 13.8 Å². The molecule has 3 aromatic carbocycles. The maximum Gasteiger partial charge on any atom is 0.294 e. The molecule has 0 spiro atoms. The molecule has 38 heavy (non-hydrogen) atoms. The molecule has 0 bridgehead atoms. The van der Waals surface area contributed by atoms with Crippen molar-refractivity contribution in [2.75, 3.05) is 13.2 Å². The highest BCUT2D eigenvalue weighted by Gasteiger charge is 2.15. The van der Waals surface area contributed by atoms with Crippen LogP contribution in [0.15, 0.2) is 76.5 Å². The molecule has 0 saturated carbocycles. The minimum atomic E-state index is -4.37. The molecule has 0 aliphatic rings. The molecule has 0 aromatic heterocycles. The van der Waals surface area contributed by atoms with Gasteiger partial charge in [0.1, 0.15) is 11.5 Å². The van der Waals surface area contributed by atoms with E-state index in [1.807, 2.05) is 13.8 Å². The normalized spacial score (nSPS) is 12.5. The third-order valence-electron chi connectivity index (χ3n) is 5.77. The first-order chi connectivity index (χ1) is 17.8. The van der Waals surface area contributed by atoms with E-state index in [1.54, 1.807) is 12.1 Å². The Kier molecular flexibility index (Phi) is 9.05. The van der Waals surface area contributed by atoms with Crippen LogP contribution in [0.4, 0.5) is 0 Å². The summed E-state index contributed by atoms with van der Waals surface area (Å²) >= 11 is 0. The number of rotatable bonds is 12. The van der Waals surface area contributed by atoms with Crippen molar-refractivity contribution in [3.8, 4) is 11.5 Å². The predicted molar refractivity (Wildman–Crippen MR) is 137 cm³/mol. The summed E-state index contributed by atoms with van der Waals surface area (Å²) in [4.78, 5) is 24.4. The second kappa shape index (κ2) is 11.9. The first-order valence-electron chi connectivity index (χ1n) is 11.4. The van der Waals surface area contributed by atoms with Crippen LogP contribution in [0.3, 0.4) is 0 Å². The first-order valence-corrected chi connectivity index (χ1v) is 14.3. The zero-order valence-corrected chi connectivity index (χ0v) is 22.2. The van der Waals surface area contributed by atoms with Gasteiger partial charge in [0, 0.05) is 17.2 Å². The molecule has 0 aliphatic carbocycles. The number of hydrogen-bond acceptors (Lipinski definition) is 8.